The van der Waals surface area contributed by atoms with Gasteiger partial charge in [-0.25, -0.2) is 0 Å². The molecule has 0 aliphatic heterocycles. The van der Waals surface area contributed by atoms with Crippen molar-refractivity contribution in [2.45, 2.75) is 18.7 Å². The number of rotatable bonds is 7. The minimum absolute atomic E-state index is 0.0238. The molecule has 178 valence electrons. The number of hydrogen-bond acceptors (Lipinski definition) is 6. The molecule has 2 amide bonds. The van der Waals surface area contributed by atoms with E-state index < -0.39 is 16.0 Å². The normalized spacial score (nSPS) is 11.3. The first-order valence-electron chi connectivity index (χ1n) is 10.2. The van der Waals surface area contributed by atoms with E-state index in [-0.39, 0.29) is 22.1 Å². The number of amides is 2. The summed E-state index contributed by atoms with van der Waals surface area (Å²) in [4.78, 5) is 23.5. The van der Waals surface area contributed by atoms with Gasteiger partial charge in [-0.05, 0) is 83.0 Å². The smallest absolute Gasteiger partial charge is 0.339 e. The van der Waals surface area contributed by atoms with Gasteiger partial charge in [0.15, 0.2) is 5.75 Å². The molecule has 35 heavy (non-hydrogen) atoms. The minimum atomic E-state index is -4.15. The lowest BCUT2D eigenvalue weighted by Crippen LogP contribution is -2.13. The summed E-state index contributed by atoms with van der Waals surface area (Å²) in [6, 6.07) is 19.0. The molecule has 0 saturated heterocycles. The van der Waals surface area contributed by atoms with Gasteiger partial charge in [0.2, 0.25) is 5.91 Å². The molecule has 2 N–H and O–H groups in total. The fourth-order valence-corrected chi connectivity index (χ4v) is 4.43. The van der Waals surface area contributed by atoms with Crippen LogP contribution in [-0.4, -0.2) is 20.2 Å². The Hall–Kier alpha value is -3.94. The number of nitrogens with zero attached hydrogens (tertiary/aromatic N) is 1. The fraction of sp³-hybridized carbons (Fsp3) is 0.0800. The highest BCUT2D eigenvalue weighted by atomic mass is 79.9. The van der Waals surface area contributed by atoms with Gasteiger partial charge in [0, 0.05) is 18.3 Å². The Bertz CT molecular complexity index is 1440. The summed E-state index contributed by atoms with van der Waals surface area (Å²) < 4.78 is 30.8. The maximum atomic E-state index is 12.6. The monoisotopic (exact) mass is 553 g/mol. The van der Waals surface area contributed by atoms with E-state index in [2.05, 4.69) is 26.6 Å². The van der Waals surface area contributed by atoms with Crippen LogP contribution in [-0.2, 0) is 19.7 Å². The van der Waals surface area contributed by atoms with Crippen LogP contribution >= 0.6 is 15.9 Å². The van der Waals surface area contributed by atoms with E-state index >= 15 is 0 Å². The van der Waals surface area contributed by atoms with E-state index in [9.17, 15) is 23.3 Å². The van der Waals surface area contributed by atoms with Crippen molar-refractivity contribution in [2.75, 3.05) is 10.6 Å². The van der Waals surface area contributed by atoms with Crippen molar-refractivity contribution in [3.05, 3.63) is 87.9 Å². The zero-order valence-electron chi connectivity index (χ0n) is 18.7. The standard InChI is InChI=1S/C25H20BrN3O5S/c1-16-3-6-21(7-4-16)29-25(31)19(15-27)13-18-5-12-24(23(26)14-18)34-35(32,33)22-10-8-20(9-11-22)28-17(2)30/h3-14H,1-2H3,(H,28,30)(H,29,31)/b19-13+. The Morgan fingerprint density at radius 2 is 1.57 bits per heavy atom. The lowest BCUT2D eigenvalue weighted by molar-refractivity contribution is -0.114. The third-order valence-corrected chi connectivity index (χ3v) is 6.47. The SMILES string of the molecule is CC(=O)Nc1ccc(S(=O)(=O)Oc2ccc(/C=C(\C#N)C(=O)Nc3ccc(C)cc3)cc2Br)cc1. The largest absolute Gasteiger partial charge is 0.378 e. The molecule has 0 atom stereocenters. The highest BCUT2D eigenvalue weighted by Gasteiger charge is 2.19. The molecule has 0 spiro atoms. The van der Waals surface area contributed by atoms with Crippen molar-refractivity contribution in [1.29, 1.82) is 5.26 Å². The van der Waals surface area contributed by atoms with Gasteiger partial charge in [0.05, 0.1) is 4.47 Å². The molecule has 0 aromatic heterocycles. The van der Waals surface area contributed by atoms with Crippen LogP contribution in [0.4, 0.5) is 11.4 Å². The van der Waals surface area contributed by atoms with E-state index in [0.29, 0.717) is 21.4 Å². The van der Waals surface area contributed by atoms with Crippen molar-refractivity contribution in [3.63, 3.8) is 0 Å². The Kier molecular flexibility index (Phi) is 8.06. The summed E-state index contributed by atoms with van der Waals surface area (Å²) in [5.41, 5.74) is 2.40. The molecule has 3 aromatic carbocycles. The van der Waals surface area contributed by atoms with Gasteiger partial charge in [-0.15, -0.1) is 0 Å². The van der Waals surface area contributed by atoms with Crippen LogP contribution in [0, 0.1) is 18.3 Å². The Morgan fingerprint density at radius 3 is 2.14 bits per heavy atom. The first kappa shape index (κ1) is 25.7. The molecule has 0 aliphatic carbocycles. The Labute approximate surface area is 211 Å². The molecule has 3 aromatic rings. The van der Waals surface area contributed by atoms with Gasteiger partial charge in [-0.1, -0.05) is 23.8 Å². The predicted octanol–water partition coefficient (Wildman–Crippen LogP) is 5.03. The van der Waals surface area contributed by atoms with E-state index in [1.807, 2.05) is 25.1 Å². The lowest BCUT2D eigenvalue weighted by Gasteiger charge is -2.10. The number of nitriles is 1. The van der Waals surface area contributed by atoms with Crippen LogP contribution in [0.15, 0.2) is 81.7 Å². The lowest BCUT2D eigenvalue weighted by atomic mass is 10.1. The first-order valence-corrected chi connectivity index (χ1v) is 12.4. The highest BCUT2D eigenvalue weighted by molar-refractivity contribution is 9.10. The summed E-state index contributed by atoms with van der Waals surface area (Å²) in [5, 5.41) is 14.6. The Morgan fingerprint density at radius 1 is 0.971 bits per heavy atom. The van der Waals surface area contributed by atoms with Crippen molar-refractivity contribution >= 4 is 55.3 Å². The first-order chi connectivity index (χ1) is 16.6. The molecular formula is C25H20BrN3O5S. The van der Waals surface area contributed by atoms with Crippen LogP contribution < -0.4 is 14.8 Å². The average Bonchev–Trinajstić information content (AvgIpc) is 2.80. The molecule has 0 aliphatic rings. The minimum Gasteiger partial charge on any atom is -0.378 e. The van der Waals surface area contributed by atoms with Crippen LogP contribution in [0.2, 0.25) is 0 Å². The van der Waals surface area contributed by atoms with Gasteiger partial charge < -0.3 is 14.8 Å². The third-order valence-electron chi connectivity index (χ3n) is 4.60. The average molecular weight is 554 g/mol. The van der Waals surface area contributed by atoms with Crippen LogP contribution in [0.5, 0.6) is 5.75 Å². The number of halogens is 1. The second-order valence-electron chi connectivity index (χ2n) is 7.42. The summed E-state index contributed by atoms with van der Waals surface area (Å²) in [7, 11) is -4.15. The maximum absolute atomic E-state index is 12.6. The fourth-order valence-electron chi connectivity index (χ4n) is 2.90. The molecule has 8 nitrogen and oxygen atoms in total. The summed E-state index contributed by atoms with van der Waals surface area (Å²) in [5.74, 6) is -0.823. The number of carbonyl (C=O) groups is 2. The van der Waals surface area contributed by atoms with E-state index in [0.717, 1.165) is 5.56 Å². The van der Waals surface area contributed by atoms with Gasteiger partial charge in [0.25, 0.3) is 5.91 Å². The van der Waals surface area contributed by atoms with E-state index in [1.165, 1.54) is 55.5 Å². The zero-order chi connectivity index (χ0) is 25.6. The van der Waals surface area contributed by atoms with Crippen molar-refractivity contribution in [1.82, 2.24) is 0 Å². The van der Waals surface area contributed by atoms with E-state index in [1.54, 1.807) is 12.1 Å². The molecule has 0 unspecified atom stereocenters. The number of hydrogen-bond donors (Lipinski definition) is 2. The van der Waals surface area contributed by atoms with Gasteiger partial charge in [-0.3, -0.25) is 9.59 Å². The van der Waals surface area contributed by atoms with Gasteiger partial charge in [0.1, 0.15) is 16.5 Å². The summed E-state index contributed by atoms with van der Waals surface area (Å²) in [6.45, 7) is 3.27. The quantitative estimate of drug-likeness (QED) is 0.240. The Balaban J connectivity index is 1.76. The number of nitrogens with one attached hydrogen (secondary N) is 2. The predicted molar refractivity (Wildman–Crippen MR) is 136 cm³/mol. The number of aryl methyl sites for hydroxylation is 1. The highest BCUT2D eigenvalue weighted by Crippen LogP contribution is 2.30. The second-order valence-corrected chi connectivity index (χ2v) is 9.82. The van der Waals surface area contributed by atoms with Crippen molar-refractivity contribution in [2.24, 2.45) is 0 Å². The second kappa shape index (κ2) is 11.0. The van der Waals surface area contributed by atoms with Crippen molar-refractivity contribution in [3.8, 4) is 11.8 Å². The molecule has 10 heteroatoms. The van der Waals surface area contributed by atoms with Crippen LogP contribution in [0.25, 0.3) is 6.08 Å². The molecule has 3 rings (SSSR count). The number of benzene rings is 3. The van der Waals surface area contributed by atoms with Gasteiger partial charge in [-0.2, -0.15) is 13.7 Å². The molecule has 0 saturated carbocycles. The molecular weight excluding hydrogens is 534 g/mol. The van der Waals surface area contributed by atoms with Gasteiger partial charge >= 0.3 is 10.1 Å². The molecule has 0 fully saturated rings. The van der Waals surface area contributed by atoms with Crippen LogP contribution in [0.3, 0.4) is 0 Å². The number of anilines is 2. The summed E-state index contributed by atoms with van der Waals surface area (Å²) >= 11 is 3.27. The molecule has 0 radical (unpaired) electrons. The molecule has 0 heterocycles. The van der Waals surface area contributed by atoms with Crippen LogP contribution in [0.1, 0.15) is 18.1 Å². The topological polar surface area (TPSA) is 125 Å². The maximum Gasteiger partial charge on any atom is 0.339 e. The number of carbonyl (C=O) groups excluding carboxylic acids is 2. The summed E-state index contributed by atoms with van der Waals surface area (Å²) in [6.07, 6.45) is 1.38. The third kappa shape index (κ3) is 7.02. The van der Waals surface area contributed by atoms with E-state index in [4.69, 9.17) is 4.18 Å². The van der Waals surface area contributed by atoms with Crippen molar-refractivity contribution < 1.29 is 22.2 Å². The zero-order valence-corrected chi connectivity index (χ0v) is 21.1. The molecule has 0 bridgehead atoms.